The maximum atomic E-state index is 12.1. The molecule has 2 rings (SSSR count). The van der Waals surface area contributed by atoms with Crippen LogP contribution in [-0.4, -0.2) is 71.8 Å². The van der Waals surface area contributed by atoms with Gasteiger partial charge in [-0.1, -0.05) is 13.3 Å². The Balaban J connectivity index is 1.56. The standard InChI is InChI=1S/C19H30N4O6/c1-2-4-14-5-3-12-22(14)13-16(25)21-10-8-15(24)20-11-9-19(28)29-23-17(26)6-7-18(23)27/h14H,2-13H2,1H3,(H,20,24)(H,21,25)/i1+1D3,2+1,4+1,13+1,16+1,19+1. The third-order valence-corrected chi connectivity index (χ3v) is 4.85. The molecule has 2 aliphatic heterocycles. The fourth-order valence-electron chi connectivity index (χ4n) is 3.35. The molecular weight excluding hydrogens is 386 g/mol. The highest BCUT2D eigenvalue weighted by atomic mass is 16.8. The summed E-state index contributed by atoms with van der Waals surface area (Å²) in [4.78, 5) is 65.0. The molecule has 4 amide bonds. The number of hydroxylamine groups is 2. The van der Waals surface area contributed by atoms with Crippen molar-refractivity contribution in [1.29, 1.82) is 0 Å². The molecule has 0 bridgehead atoms. The van der Waals surface area contributed by atoms with E-state index in [1.54, 1.807) is 0 Å². The normalized spacial score (nSPS) is 21.4. The number of carbonyl (C=O) groups is 5. The lowest BCUT2D eigenvalue weighted by atomic mass is 10.3. The van der Waals surface area contributed by atoms with Crippen LogP contribution in [0, 0.1) is 0 Å². The quantitative estimate of drug-likeness (QED) is 0.353. The highest BCUT2D eigenvalue weighted by Crippen LogP contribution is 2.20. The van der Waals surface area contributed by atoms with Crippen LogP contribution in [0.4, 0.5) is 0 Å². The first kappa shape index (κ1) is 18.5. The summed E-state index contributed by atoms with van der Waals surface area (Å²) in [5, 5.41) is 5.62. The number of hydrogen-bond acceptors (Lipinski definition) is 7. The third kappa shape index (κ3) is 7.45. The first-order valence-electron chi connectivity index (χ1n) is 11.4. The van der Waals surface area contributed by atoms with Gasteiger partial charge in [0.15, 0.2) is 0 Å². The van der Waals surface area contributed by atoms with Gasteiger partial charge in [-0.15, -0.1) is 5.06 Å². The zero-order chi connectivity index (χ0) is 23.7. The summed E-state index contributed by atoms with van der Waals surface area (Å²) in [7, 11) is 0. The lowest BCUT2D eigenvalue weighted by Gasteiger charge is -2.23. The van der Waals surface area contributed by atoms with Crippen molar-refractivity contribution in [2.24, 2.45) is 0 Å². The molecule has 2 saturated heterocycles. The maximum Gasteiger partial charge on any atom is 0.334 e. The van der Waals surface area contributed by atoms with Crippen LogP contribution in [0.15, 0.2) is 0 Å². The van der Waals surface area contributed by atoms with Gasteiger partial charge in [0.2, 0.25) is 11.8 Å². The van der Waals surface area contributed by atoms with E-state index in [1.165, 1.54) is 0 Å². The Labute approximate surface area is 174 Å². The summed E-state index contributed by atoms with van der Waals surface area (Å²) >= 11 is 0. The first-order valence-corrected chi connectivity index (χ1v) is 9.89. The van der Waals surface area contributed by atoms with Gasteiger partial charge in [-0.3, -0.25) is 24.1 Å². The van der Waals surface area contributed by atoms with Gasteiger partial charge < -0.3 is 15.5 Å². The third-order valence-electron chi connectivity index (χ3n) is 4.85. The van der Waals surface area contributed by atoms with Crippen molar-refractivity contribution >= 4 is 29.6 Å². The van der Waals surface area contributed by atoms with E-state index in [1.807, 2.05) is 4.90 Å². The highest BCUT2D eigenvalue weighted by molar-refractivity contribution is 6.01. The molecule has 2 heterocycles. The van der Waals surface area contributed by atoms with Crippen LogP contribution in [0.3, 0.4) is 0 Å². The van der Waals surface area contributed by atoms with Crippen molar-refractivity contribution in [3.63, 3.8) is 0 Å². The molecule has 0 spiro atoms. The van der Waals surface area contributed by atoms with Crippen LogP contribution < -0.4 is 10.6 Å². The molecule has 162 valence electrons. The number of carbonyl (C=O) groups excluding carboxylic acids is 5. The molecule has 29 heavy (non-hydrogen) atoms. The summed E-state index contributed by atoms with van der Waals surface area (Å²) < 4.78 is 21.9. The minimum Gasteiger partial charge on any atom is -0.355 e. The smallest absolute Gasteiger partial charge is 0.334 e. The van der Waals surface area contributed by atoms with E-state index in [-0.39, 0.29) is 69.6 Å². The summed E-state index contributed by atoms with van der Waals surface area (Å²) in [6.07, 6.45) is 2.26. The van der Waals surface area contributed by atoms with Crippen molar-refractivity contribution in [3.8, 4) is 0 Å². The predicted octanol–water partition coefficient (Wildman–Crippen LogP) is -0.129. The summed E-state index contributed by atoms with van der Waals surface area (Å²) in [6.45, 7) is -0.971. The molecule has 2 N–H and O–H groups in total. The Hall–Kier alpha value is -2.49. The van der Waals surface area contributed by atoms with Gasteiger partial charge in [0.05, 0.1) is 13.0 Å². The van der Waals surface area contributed by atoms with Gasteiger partial charge in [-0.05, 0) is 25.8 Å². The molecular formula is C19H30N4O6. The lowest BCUT2D eigenvalue weighted by Crippen LogP contribution is -2.41. The zero-order valence-electron chi connectivity index (χ0n) is 19.4. The van der Waals surface area contributed by atoms with E-state index in [9.17, 15) is 24.0 Å². The number of imide groups is 1. The number of nitrogens with one attached hydrogen (secondary N) is 2. The molecule has 0 aliphatic carbocycles. The van der Waals surface area contributed by atoms with E-state index in [2.05, 4.69) is 15.5 Å². The second-order valence-electron chi connectivity index (χ2n) is 7.05. The largest absolute Gasteiger partial charge is 0.355 e. The van der Waals surface area contributed by atoms with E-state index in [0.717, 1.165) is 19.4 Å². The lowest BCUT2D eigenvalue weighted by molar-refractivity contribution is -0.197. The average molecular weight is 419 g/mol. The van der Waals surface area contributed by atoms with Gasteiger partial charge in [0.1, 0.15) is 0 Å². The van der Waals surface area contributed by atoms with Crippen LogP contribution in [-0.2, 0) is 28.8 Å². The Morgan fingerprint density at radius 1 is 1.10 bits per heavy atom. The first-order chi connectivity index (χ1) is 15.0. The Kier molecular flexibility index (Phi) is 7.35. The fourth-order valence-corrected chi connectivity index (χ4v) is 3.35. The monoisotopic (exact) mass is 419 g/mol. The molecule has 1 atom stereocenters. The van der Waals surface area contributed by atoms with Gasteiger partial charge in [0, 0.05) is 42.5 Å². The highest BCUT2D eigenvalue weighted by Gasteiger charge is 2.32. The van der Waals surface area contributed by atoms with Crippen molar-refractivity contribution < 1.29 is 32.9 Å². The van der Waals surface area contributed by atoms with E-state index in [4.69, 9.17) is 4.11 Å². The van der Waals surface area contributed by atoms with E-state index < -0.39 is 24.6 Å². The van der Waals surface area contributed by atoms with Crippen LogP contribution in [0.1, 0.15) is 62.3 Å². The molecule has 1 unspecified atom stereocenters. The Bertz CT molecular complexity index is 714. The Morgan fingerprint density at radius 3 is 2.52 bits per heavy atom. The predicted molar refractivity (Wildman–Crippen MR) is 102 cm³/mol. The summed E-state index contributed by atoms with van der Waals surface area (Å²) in [5.41, 5.74) is 0. The molecule has 10 heteroatoms. The van der Waals surface area contributed by atoms with Crippen molar-refractivity contribution in [3.05, 3.63) is 0 Å². The number of nitrogens with zero attached hydrogens (tertiary/aromatic N) is 2. The molecule has 10 nitrogen and oxygen atoms in total. The van der Waals surface area contributed by atoms with Crippen LogP contribution in [0.2, 0.25) is 0 Å². The second kappa shape index (κ2) is 11.5. The van der Waals surface area contributed by atoms with Crippen molar-refractivity contribution in [1.82, 2.24) is 20.6 Å². The summed E-state index contributed by atoms with van der Waals surface area (Å²) in [5.74, 6) is -2.55. The SMILES string of the molecule is [2H][13C]([2H])([2H])[13CH2][13CH2]C1CCCN1[13CH2][13C](=O)NCCC(=O)NCC[13C](=O)ON1C(=O)CCC1=O. The molecule has 2 fully saturated rings. The molecule has 0 aromatic carbocycles. The topological polar surface area (TPSA) is 125 Å². The Morgan fingerprint density at radius 2 is 1.79 bits per heavy atom. The minimum absolute atomic E-state index is 0.00915. The number of amides is 4. The van der Waals surface area contributed by atoms with Gasteiger partial charge in [0.25, 0.3) is 11.8 Å². The average Bonchev–Trinajstić information content (AvgIpc) is 3.27. The molecule has 0 radical (unpaired) electrons. The molecule has 0 saturated carbocycles. The van der Waals surface area contributed by atoms with Gasteiger partial charge >= 0.3 is 5.97 Å². The van der Waals surface area contributed by atoms with Crippen LogP contribution in [0.25, 0.3) is 0 Å². The van der Waals surface area contributed by atoms with E-state index >= 15 is 0 Å². The summed E-state index contributed by atoms with van der Waals surface area (Å²) in [6, 6.07) is 0.0791. The number of rotatable bonds is 11. The maximum absolute atomic E-state index is 12.1. The molecule has 2 aliphatic rings. The minimum atomic E-state index is -1.97. The van der Waals surface area contributed by atoms with Crippen LogP contribution in [0.5, 0.6) is 0 Å². The van der Waals surface area contributed by atoms with Crippen molar-refractivity contribution in [2.75, 3.05) is 26.2 Å². The fraction of sp³-hybridized carbons (Fsp3) is 0.737. The van der Waals surface area contributed by atoms with Gasteiger partial charge in [-0.25, -0.2) is 4.79 Å². The molecule has 0 aromatic rings. The number of likely N-dealkylation sites (tertiary alicyclic amines) is 1. The van der Waals surface area contributed by atoms with E-state index in [0.29, 0.717) is 11.5 Å². The van der Waals surface area contributed by atoms with Crippen molar-refractivity contribution in [2.45, 2.75) is 64.3 Å². The zero-order valence-corrected chi connectivity index (χ0v) is 16.4. The number of hydrogen-bond donors (Lipinski definition) is 2. The van der Waals surface area contributed by atoms with Crippen LogP contribution >= 0.6 is 0 Å². The molecule has 0 aromatic heterocycles. The second-order valence-corrected chi connectivity index (χ2v) is 7.05. The van der Waals surface area contributed by atoms with Gasteiger partial charge in [-0.2, -0.15) is 0 Å².